The van der Waals surface area contributed by atoms with Gasteiger partial charge in [0.15, 0.2) is 0 Å². The van der Waals surface area contributed by atoms with Crippen LogP contribution in [0.15, 0.2) is 65.0 Å². The van der Waals surface area contributed by atoms with Crippen molar-refractivity contribution in [1.29, 1.82) is 5.26 Å². The number of fused-ring (bicyclic) bond motifs is 1. The average Bonchev–Trinajstić information content (AvgIpc) is 2.87. The lowest BCUT2D eigenvalue weighted by Crippen LogP contribution is -2.22. The molecule has 0 aliphatic carbocycles. The highest BCUT2D eigenvalue weighted by molar-refractivity contribution is 6.08. The van der Waals surface area contributed by atoms with Gasteiger partial charge >= 0.3 is 0 Å². The Bertz CT molecular complexity index is 1240. The molecular formula is C29H34N4O2. The topological polar surface area (TPSA) is 81.7 Å². The van der Waals surface area contributed by atoms with Gasteiger partial charge in [-0.3, -0.25) is 9.98 Å². The van der Waals surface area contributed by atoms with Gasteiger partial charge in [-0.2, -0.15) is 5.26 Å². The summed E-state index contributed by atoms with van der Waals surface area (Å²) in [6.45, 7) is 11.8. The first-order valence-corrected chi connectivity index (χ1v) is 12.1. The van der Waals surface area contributed by atoms with Crippen LogP contribution in [0.5, 0.6) is 5.75 Å². The summed E-state index contributed by atoms with van der Waals surface area (Å²) in [4.78, 5) is 11.1. The molecule has 0 bridgehead atoms. The quantitative estimate of drug-likeness (QED) is 0.390. The van der Waals surface area contributed by atoms with E-state index in [0.29, 0.717) is 33.9 Å². The number of nitriles is 1. The molecule has 6 nitrogen and oxygen atoms in total. The van der Waals surface area contributed by atoms with Crippen molar-refractivity contribution < 1.29 is 9.84 Å². The zero-order chi connectivity index (χ0) is 25.5. The largest absolute Gasteiger partial charge is 0.455 e. The number of hydrogen-bond acceptors (Lipinski definition) is 6. The first kappa shape index (κ1) is 25.9. The van der Waals surface area contributed by atoms with Crippen LogP contribution in [0.3, 0.4) is 0 Å². The standard InChI is InChI=1S/C29H34N4O2/c1-7-19(4)14-26(31-6)27-15-21(12-13-32-27)25(18-30)29-17-24(20(5)34)23-11-10-22(16-28(23)35-29)33(8-2)9-3/h10-17,20,34H,7-9H2,1-6H3/b19-14-,29-25-,31-26?. The van der Waals surface area contributed by atoms with Gasteiger partial charge in [0.05, 0.1) is 17.5 Å². The molecule has 0 spiro atoms. The molecule has 2 aromatic rings. The van der Waals surface area contributed by atoms with Crippen LogP contribution < -0.4 is 9.64 Å². The van der Waals surface area contributed by atoms with Crippen molar-refractivity contribution in [2.75, 3.05) is 25.0 Å². The van der Waals surface area contributed by atoms with E-state index < -0.39 is 6.10 Å². The number of benzene rings is 1. The zero-order valence-corrected chi connectivity index (χ0v) is 21.5. The summed E-state index contributed by atoms with van der Waals surface area (Å²) in [6, 6.07) is 11.9. The third-order valence-corrected chi connectivity index (χ3v) is 6.21. The Labute approximate surface area is 208 Å². The van der Waals surface area contributed by atoms with E-state index in [1.54, 1.807) is 32.3 Å². The first-order chi connectivity index (χ1) is 16.9. The highest BCUT2D eigenvalue weighted by Crippen LogP contribution is 2.39. The molecule has 0 fully saturated rings. The maximum atomic E-state index is 10.5. The number of hydrogen-bond donors (Lipinski definition) is 1. The van der Waals surface area contributed by atoms with E-state index in [2.05, 4.69) is 48.6 Å². The maximum absolute atomic E-state index is 10.5. The summed E-state index contributed by atoms with van der Waals surface area (Å²) in [5.74, 6) is 1.03. The minimum atomic E-state index is -0.721. The van der Waals surface area contributed by atoms with Crippen LogP contribution in [0, 0.1) is 11.3 Å². The van der Waals surface area contributed by atoms with E-state index in [1.807, 2.05) is 30.3 Å². The number of aromatic nitrogens is 1. The molecule has 1 aromatic carbocycles. The highest BCUT2D eigenvalue weighted by atomic mass is 16.5. The average molecular weight is 471 g/mol. The lowest BCUT2D eigenvalue weighted by molar-refractivity contribution is 0.251. The molecule has 6 heteroatoms. The van der Waals surface area contributed by atoms with Crippen LogP contribution in [-0.2, 0) is 0 Å². The molecule has 0 radical (unpaired) electrons. The third-order valence-electron chi connectivity index (χ3n) is 6.21. The second-order valence-corrected chi connectivity index (χ2v) is 8.46. The number of aliphatic hydroxyl groups excluding tert-OH is 1. The van der Waals surface area contributed by atoms with Crippen molar-refractivity contribution in [2.45, 2.75) is 47.1 Å². The molecule has 1 atom stereocenters. The number of anilines is 1. The summed E-state index contributed by atoms with van der Waals surface area (Å²) < 4.78 is 6.29. The number of nitrogens with zero attached hydrogens (tertiary/aromatic N) is 4. The van der Waals surface area contributed by atoms with E-state index in [4.69, 9.17) is 4.74 Å². The monoisotopic (exact) mass is 470 g/mol. The van der Waals surface area contributed by atoms with Crippen LogP contribution in [0.1, 0.15) is 57.9 Å². The smallest absolute Gasteiger partial charge is 0.146 e. The normalized spacial score (nSPS) is 16.0. The molecule has 1 aliphatic heterocycles. The van der Waals surface area contributed by atoms with E-state index in [1.165, 1.54) is 5.57 Å². The molecule has 1 aromatic heterocycles. The molecule has 0 saturated heterocycles. The van der Waals surface area contributed by atoms with Crippen molar-refractivity contribution >= 4 is 22.5 Å². The van der Waals surface area contributed by atoms with Crippen molar-refractivity contribution in [3.8, 4) is 11.8 Å². The van der Waals surface area contributed by atoms with Gasteiger partial charge in [-0.05, 0) is 81.7 Å². The molecule has 1 aliphatic rings. The summed E-state index contributed by atoms with van der Waals surface area (Å²) in [5.41, 5.74) is 6.26. The van der Waals surface area contributed by atoms with Crippen molar-refractivity contribution in [2.24, 2.45) is 4.99 Å². The molecule has 2 heterocycles. The fourth-order valence-electron chi connectivity index (χ4n) is 4.03. The second kappa shape index (κ2) is 11.6. The molecule has 35 heavy (non-hydrogen) atoms. The predicted octanol–water partition coefficient (Wildman–Crippen LogP) is 5.79. The summed E-state index contributed by atoms with van der Waals surface area (Å²) in [7, 11) is 1.74. The minimum Gasteiger partial charge on any atom is -0.455 e. The van der Waals surface area contributed by atoms with E-state index >= 15 is 0 Å². The predicted molar refractivity (Wildman–Crippen MR) is 144 cm³/mol. The number of aliphatic hydroxyl groups is 1. The first-order valence-electron chi connectivity index (χ1n) is 12.1. The van der Waals surface area contributed by atoms with Gasteiger partial charge in [-0.1, -0.05) is 12.5 Å². The van der Waals surface area contributed by atoms with Crippen molar-refractivity contribution in [3.05, 3.63) is 76.8 Å². The van der Waals surface area contributed by atoms with E-state index in [9.17, 15) is 10.4 Å². The maximum Gasteiger partial charge on any atom is 0.146 e. The van der Waals surface area contributed by atoms with Gasteiger partial charge in [-0.15, -0.1) is 0 Å². The van der Waals surface area contributed by atoms with E-state index in [-0.39, 0.29) is 0 Å². The van der Waals surface area contributed by atoms with Crippen LogP contribution in [0.4, 0.5) is 5.69 Å². The van der Waals surface area contributed by atoms with Crippen LogP contribution in [-0.4, -0.2) is 42.0 Å². The van der Waals surface area contributed by atoms with Gasteiger partial charge in [0.25, 0.3) is 0 Å². The van der Waals surface area contributed by atoms with Gasteiger partial charge in [0.1, 0.15) is 23.2 Å². The summed E-state index contributed by atoms with van der Waals surface area (Å²) >= 11 is 0. The minimum absolute atomic E-state index is 0.373. The van der Waals surface area contributed by atoms with Gasteiger partial charge in [0, 0.05) is 43.7 Å². The zero-order valence-electron chi connectivity index (χ0n) is 21.5. The fourth-order valence-corrected chi connectivity index (χ4v) is 4.03. The van der Waals surface area contributed by atoms with Crippen LogP contribution >= 0.6 is 0 Å². The Morgan fingerprint density at radius 1 is 1.23 bits per heavy atom. The van der Waals surface area contributed by atoms with E-state index in [0.717, 1.165) is 36.5 Å². The molecule has 0 amide bonds. The Morgan fingerprint density at radius 2 is 1.97 bits per heavy atom. The molecule has 1 N–H and O–H groups in total. The van der Waals surface area contributed by atoms with Crippen molar-refractivity contribution in [1.82, 2.24) is 4.98 Å². The van der Waals surface area contributed by atoms with Gasteiger partial charge in [-0.25, -0.2) is 0 Å². The summed E-state index contributed by atoms with van der Waals surface area (Å²) in [5, 5.41) is 20.7. The lowest BCUT2D eigenvalue weighted by atomic mass is 9.94. The Balaban J connectivity index is 2.14. The number of ether oxygens (including phenoxy) is 1. The van der Waals surface area contributed by atoms with Gasteiger partial charge < -0.3 is 14.7 Å². The van der Waals surface area contributed by atoms with Crippen LogP contribution in [0.2, 0.25) is 0 Å². The fraction of sp³-hybridized carbons (Fsp3) is 0.345. The number of aliphatic imine (C=N–C) groups is 1. The Kier molecular flexibility index (Phi) is 8.62. The SMILES string of the molecule is CC/C(C)=C\C(=NC)c1cc(/C(C#N)=C2/C=C(C(C)O)c3ccc(N(CC)CC)cc3O2)ccn1. The third kappa shape index (κ3) is 5.70. The van der Waals surface area contributed by atoms with Gasteiger partial charge in [0.2, 0.25) is 0 Å². The summed E-state index contributed by atoms with van der Waals surface area (Å²) in [6.07, 6.45) is 5.65. The Morgan fingerprint density at radius 3 is 2.57 bits per heavy atom. The molecule has 0 saturated carbocycles. The number of allylic oxidation sites excluding steroid dienone is 4. The highest BCUT2D eigenvalue weighted by Gasteiger charge is 2.24. The second-order valence-electron chi connectivity index (χ2n) is 8.46. The number of rotatable bonds is 8. The number of pyridine rings is 1. The molecule has 182 valence electrons. The van der Waals surface area contributed by atoms with Crippen LogP contribution in [0.25, 0.3) is 11.1 Å². The molecule has 3 rings (SSSR count). The molecular weight excluding hydrogens is 436 g/mol. The van der Waals surface area contributed by atoms with Crippen molar-refractivity contribution in [3.63, 3.8) is 0 Å². The Hall–Kier alpha value is -3.69. The molecule has 1 unspecified atom stereocenters. The lowest BCUT2D eigenvalue weighted by Gasteiger charge is -2.26.